The van der Waals surface area contributed by atoms with Gasteiger partial charge in [0.25, 0.3) is 0 Å². The number of aromatic nitrogens is 1. The number of hydrogen-bond acceptors (Lipinski definition) is 2. The Balaban J connectivity index is 1.98. The molecule has 1 aliphatic rings. The van der Waals surface area contributed by atoms with E-state index in [1.54, 1.807) is 12.4 Å². The molecule has 0 aromatic carbocycles. The van der Waals surface area contributed by atoms with E-state index in [2.05, 4.69) is 11.9 Å². The third-order valence-corrected chi connectivity index (χ3v) is 4.22. The second kappa shape index (κ2) is 6.12. The van der Waals surface area contributed by atoms with Crippen molar-refractivity contribution < 1.29 is 4.79 Å². The highest BCUT2D eigenvalue weighted by atomic mass is 16.1. The Labute approximate surface area is 110 Å². The third-order valence-electron chi connectivity index (χ3n) is 4.22. The van der Waals surface area contributed by atoms with E-state index in [0.29, 0.717) is 5.78 Å². The molecule has 0 unspecified atom stereocenters. The highest BCUT2D eigenvalue weighted by molar-refractivity contribution is 5.98. The molecule has 1 aliphatic carbocycles. The normalized spacial score (nSPS) is 23.9. The van der Waals surface area contributed by atoms with Crippen LogP contribution < -0.4 is 0 Å². The minimum absolute atomic E-state index is 0.237. The lowest BCUT2D eigenvalue weighted by Crippen LogP contribution is -2.22. The number of pyridine rings is 1. The lowest BCUT2D eigenvalue weighted by Gasteiger charge is -2.27. The van der Waals surface area contributed by atoms with Gasteiger partial charge in [0, 0.05) is 23.9 Å². The zero-order chi connectivity index (χ0) is 13.0. The maximum absolute atomic E-state index is 12.4. The molecular formula is C16H23NO. The van der Waals surface area contributed by atoms with Gasteiger partial charge in [-0.15, -0.1) is 0 Å². The zero-order valence-electron chi connectivity index (χ0n) is 11.5. The smallest absolute Gasteiger partial charge is 0.167 e. The lowest BCUT2D eigenvalue weighted by molar-refractivity contribution is 0.0869. The molecule has 2 rings (SSSR count). The van der Waals surface area contributed by atoms with Gasteiger partial charge in [-0.1, -0.05) is 19.8 Å². The quantitative estimate of drug-likeness (QED) is 0.745. The van der Waals surface area contributed by atoms with Crippen LogP contribution in [-0.4, -0.2) is 10.8 Å². The SMILES string of the molecule is CCCC1CCC(C(=O)c2cnccc2C)CC1. The van der Waals surface area contributed by atoms with Gasteiger partial charge in [-0.2, -0.15) is 0 Å². The van der Waals surface area contributed by atoms with Crippen LogP contribution in [0, 0.1) is 18.8 Å². The molecule has 18 heavy (non-hydrogen) atoms. The van der Waals surface area contributed by atoms with Crippen molar-refractivity contribution in [2.45, 2.75) is 52.4 Å². The molecule has 0 spiro atoms. The second-order valence-electron chi connectivity index (χ2n) is 5.56. The van der Waals surface area contributed by atoms with Crippen molar-refractivity contribution >= 4 is 5.78 Å². The largest absolute Gasteiger partial charge is 0.294 e. The van der Waals surface area contributed by atoms with Crippen LogP contribution in [0.2, 0.25) is 0 Å². The van der Waals surface area contributed by atoms with E-state index in [4.69, 9.17) is 0 Å². The molecule has 0 atom stereocenters. The van der Waals surface area contributed by atoms with Gasteiger partial charge in [-0.05, 0) is 50.2 Å². The molecule has 0 aliphatic heterocycles. The molecule has 0 saturated heterocycles. The van der Waals surface area contributed by atoms with Gasteiger partial charge < -0.3 is 0 Å². The van der Waals surface area contributed by atoms with Crippen LogP contribution in [0.1, 0.15) is 61.4 Å². The molecule has 0 radical (unpaired) electrons. The highest BCUT2D eigenvalue weighted by Crippen LogP contribution is 2.33. The molecule has 1 fully saturated rings. The maximum Gasteiger partial charge on any atom is 0.167 e. The number of ketones is 1. The summed E-state index contributed by atoms with van der Waals surface area (Å²) in [7, 11) is 0. The molecule has 1 aromatic heterocycles. The van der Waals surface area contributed by atoms with E-state index in [1.807, 2.05) is 13.0 Å². The fraction of sp³-hybridized carbons (Fsp3) is 0.625. The predicted octanol–water partition coefficient (Wildman–Crippen LogP) is 4.18. The summed E-state index contributed by atoms with van der Waals surface area (Å²) in [6.45, 7) is 4.24. The molecule has 1 aromatic rings. The first-order chi connectivity index (χ1) is 8.72. The van der Waals surface area contributed by atoms with Crippen molar-refractivity contribution in [1.29, 1.82) is 0 Å². The Hall–Kier alpha value is -1.18. The van der Waals surface area contributed by atoms with Gasteiger partial charge in [0.1, 0.15) is 0 Å². The van der Waals surface area contributed by atoms with Gasteiger partial charge >= 0.3 is 0 Å². The molecule has 0 amide bonds. The number of rotatable bonds is 4. The number of carbonyl (C=O) groups excluding carboxylic acids is 1. The summed E-state index contributed by atoms with van der Waals surface area (Å²) in [5.41, 5.74) is 1.89. The highest BCUT2D eigenvalue weighted by Gasteiger charge is 2.27. The number of carbonyl (C=O) groups is 1. The van der Waals surface area contributed by atoms with Gasteiger partial charge in [-0.25, -0.2) is 0 Å². The van der Waals surface area contributed by atoms with Gasteiger partial charge in [-0.3, -0.25) is 9.78 Å². The average Bonchev–Trinajstić information content (AvgIpc) is 2.40. The van der Waals surface area contributed by atoms with E-state index in [0.717, 1.165) is 29.9 Å². The first-order valence-corrected chi connectivity index (χ1v) is 7.17. The molecule has 98 valence electrons. The van der Waals surface area contributed by atoms with Crippen LogP contribution in [0.5, 0.6) is 0 Å². The number of aryl methyl sites for hydroxylation is 1. The monoisotopic (exact) mass is 245 g/mol. The van der Waals surface area contributed by atoms with E-state index in [9.17, 15) is 4.79 Å². The molecule has 2 nitrogen and oxygen atoms in total. The summed E-state index contributed by atoms with van der Waals surface area (Å²) >= 11 is 0. The van der Waals surface area contributed by atoms with Gasteiger partial charge in [0.05, 0.1) is 0 Å². The average molecular weight is 245 g/mol. The Bertz CT molecular complexity index is 405. The van der Waals surface area contributed by atoms with Crippen molar-refractivity contribution in [1.82, 2.24) is 4.98 Å². The minimum Gasteiger partial charge on any atom is -0.294 e. The molecule has 1 saturated carbocycles. The number of hydrogen-bond donors (Lipinski definition) is 0. The Morgan fingerprint density at radius 2 is 2.06 bits per heavy atom. The molecular weight excluding hydrogens is 222 g/mol. The van der Waals surface area contributed by atoms with Crippen LogP contribution >= 0.6 is 0 Å². The summed E-state index contributed by atoms with van der Waals surface area (Å²) in [5, 5.41) is 0. The van der Waals surface area contributed by atoms with Crippen LogP contribution in [0.4, 0.5) is 0 Å². The number of Topliss-reactive ketones (excluding diaryl/α,β-unsaturated/α-hetero) is 1. The number of nitrogens with zero attached hydrogens (tertiary/aromatic N) is 1. The second-order valence-corrected chi connectivity index (χ2v) is 5.56. The summed E-state index contributed by atoms with van der Waals surface area (Å²) in [5.74, 6) is 1.41. The van der Waals surface area contributed by atoms with Crippen LogP contribution in [0.25, 0.3) is 0 Å². The Morgan fingerprint density at radius 1 is 1.33 bits per heavy atom. The summed E-state index contributed by atoms with van der Waals surface area (Å²) in [6.07, 6.45) is 10.7. The third kappa shape index (κ3) is 2.98. The van der Waals surface area contributed by atoms with Crippen molar-refractivity contribution in [3.05, 3.63) is 29.6 Å². The predicted molar refractivity (Wildman–Crippen MR) is 73.7 cm³/mol. The molecule has 1 heterocycles. The van der Waals surface area contributed by atoms with Crippen molar-refractivity contribution in [3.8, 4) is 0 Å². The summed E-state index contributed by atoms with van der Waals surface area (Å²) < 4.78 is 0. The fourth-order valence-electron chi connectivity index (χ4n) is 3.06. The standard InChI is InChI=1S/C16H23NO/c1-3-4-13-5-7-14(8-6-13)16(18)15-11-17-10-9-12(15)2/h9-11,13-14H,3-8H2,1-2H3. The first kappa shape index (κ1) is 13.3. The van der Waals surface area contributed by atoms with E-state index in [1.165, 1.54) is 25.7 Å². The minimum atomic E-state index is 0.237. The Kier molecular flexibility index (Phi) is 4.51. The fourth-order valence-corrected chi connectivity index (χ4v) is 3.06. The molecule has 0 N–H and O–H groups in total. The van der Waals surface area contributed by atoms with Crippen molar-refractivity contribution in [3.63, 3.8) is 0 Å². The van der Waals surface area contributed by atoms with Crippen molar-refractivity contribution in [2.75, 3.05) is 0 Å². The molecule has 0 bridgehead atoms. The van der Waals surface area contributed by atoms with Crippen molar-refractivity contribution in [2.24, 2.45) is 11.8 Å². The lowest BCUT2D eigenvalue weighted by atomic mass is 9.77. The Morgan fingerprint density at radius 3 is 2.67 bits per heavy atom. The van der Waals surface area contributed by atoms with E-state index < -0.39 is 0 Å². The summed E-state index contributed by atoms with van der Waals surface area (Å²) in [6, 6.07) is 1.93. The maximum atomic E-state index is 12.4. The van der Waals surface area contributed by atoms with E-state index >= 15 is 0 Å². The topological polar surface area (TPSA) is 30.0 Å². The van der Waals surface area contributed by atoms with Crippen LogP contribution in [0.3, 0.4) is 0 Å². The zero-order valence-corrected chi connectivity index (χ0v) is 11.5. The van der Waals surface area contributed by atoms with Crippen LogP contribution in [0.15, 0.2) is 18.5 Å². The van der Waals surface area contributed by atoms with Gasteiger partial charge in [0.15, 0.2) is 5.78 Å². The molecule has 2 heteroatoms. The van der Waals surface area contributed by atoms with Gasteiger partial charge in [0.2, 0.25) is 0 Å². The summed E-state index contributed by atoms with van der Waals surface area (Å²) in [4.78, 5) is 16.5. The first-order valence-electron chi connectivity index (χ1n) is 7.17. The van der Waals surface area contributed by atoms with Crippen LogP contribution in [-0.2, 0) is 0 Å². The van der Waals surface area contributed by atoms with E-state index in [-0.39, 0.29) is 5.92 Å².